The lowest BCUT2D eigenvalue weighted by molar-refractivity contribution is -0.148. The molecule has 1 aromatic rings. The van der Waals surface area contributed by atoms with Crippen LogP contribution in [0.4, 0.5) is 4.79 Å². The minimum Gasteiger partial charge on any atom is -0.463 e. The molecule has 3 rings (SSSR count). The molecular weight excluding hydrogens is 394 g/mol. The quantitative estimate of drug-likeness (QED) is 0.394. The molecule has 0 unspecified atom stereocenters. The number of esters is 1. The van der Waals surface area contributed by atoms with Crippen molar-refractivity contribution in [1.82, 2.24) is 20.0 Å². The first-order valence-corrected chi connectivity index (χ1v) is 9.94. The van der Waals surface area contributed by atoms with Crippen LogP contribution < -0.4 is 0 Å². The summed E-state index contributed by atoms with van der Waals surface area (Å²) in [4.78, 5) is 45.1. The van der Waals surface area contributed by atoms with E-state index in [9.17, 15) is 14.4 Å². The molecule has 3 heterocycles. The van der Waals surface area contributed by atoms with E-state index in [-0.39, 0.29) is 35.9 Å². The molecule has 0 spiro atoms. The molecule has 0 aromatic carbocycles. The number of nitrogens with one attached hydrogen (secondary N) is 1. The van der Waals surface area contributed by atoms with E-state index in [1.165, 1.54) is 6.20 Å². The Hall–Kier alpha value is -3.11. The molecule has 164 valence electrons. The molecule has 2 saturated heterocycles. The summed E-state index contributed by atoms with van der Waals surface area (Å²) in [5.74, 6) is -0.914. The molecule has 0 bridgehead atoms. The van der Waals surface area contributed by atoms with Crippen molar-refractivity contribution < 1.29 is 28.7 Å². The van der Waals surface area contributed by atoms with Crippen LogP contribution in [0.1, 0.15) is 39.3 Å². The third-order valence-electron chi connectivity index (χ3n) is 5.12. The SMILES string of the molecule is CCOC(=O)CO/N=C(/C(=O)N1CCC(N2C(=O)OCC2(C)C)CC1)c1ccn[nH]1. The maximum Gasteiger partial charge on any atom is 0.410 e. The number of hydrogen-bond donors (Lipinski definition) is 1. The van der Waals surface area contributed by atoms with Crippen molar-refractivity contribution in [3.8, 4) is 0 Å². The monoisotopic (exact) mass is 421 g/mol. The fourth-order valence-electron chi connectivity index (χ4n) is 3.69. The predicted octanol–water partition coefficient (Wildman–Crippen LogP) is 0.915. The third kappa shape index (κ3) is 4.71. The minimum atomic E-state index is -0.571. The lowest BCUT2D eigenvalue weighted by Crippen LogP contribution is -2.54. The third-order valence-corrected chi connectivity index (χ3v) is 5.12. The van der Waals surface area contributed by atoms with Crippen LogP contribution in [-0.2, 0) is 23.9 Å². The molecule has 2 amide bonds. The van der Waals surface area contributed by atoms with E-state index in [1.54, 1.807) is 22.8 Å². The topological polar surface area (TPSA) is 126 Å². The van der Waals surface area contributed by atoms with E-state index in [0.29, 0.717) is 38.2 Å². The normalized spacial score (nSPS) is 19.6. The van der Waals surface area contributed by atoms with Gasteiger partial charge in [0.05, 0.1) is 17.8 Å². The lowest BCUT2D eigenvalue weighted by Gasteiger charge is -2.40. The van der Waals surface area contributed by atoms with Crippen LogP contribution >= 0.6 is 0 Å². The minimum absolute atomic E-state index is 0.00616. The highest BCUT2D eigenvalue weighted by Gasteiger charge is 2.45. The molecule has 0 aliphatic carbocycles. The number of aromatic amines is 1. The molecule has 2 aliphatic rings. The van der Waals surface area contributed by atoms with Gasteiger partial charge in [-0.05, 0) is 39.7 Å². The number of hydrogen-bond acceptors (Lipinski definition) is 8. The van der Waals surface area contributed by atoms with Gasteiger partial charge in [0, 0.05) is 25.3 Å². The Morgan fingerprint density at radius 3 is 2.67 bits per heavy atom. The van der Waals surface area contributed by atoms with Crippen molar-refractivity contribution in [2.45, 2.75) is 45.2 Å². The fraction of sp³-hybridized carbons (Fsp3) is 0.632. The van der Waals surface area contributed by atoms with Gasteiger partial charge in [0.1, 0.15) is 6.61 Å². The Morgan fingerprint density at radius 1 is 1.37 bits per heavy atom. The van der Waals surface area contributed by atoms with Crippen molar-refractivity contribution >= 4 is 23.7 Å². The molecule has 11 nitrogen and oxygen atoms in total. The number of carbonyl (C=O) groups excluding carboxylic acids is 3. The van der Waals surface area contributed by atoms with E-state index in [1.807, 2.05) is 13.8 Å². The maximum atomic E-state index is 13.1. The van der Waals surface area contributed by atoms with E-state index in [2.05, 4.69) is 15.4 Å². The molecule has 30 heavy (non-hydrogen) atoms. The number of aromatic nitrogens is 2. The van der Waals surface area contributed by atoms with Crippen LogP contribution in [-0.4, -0.2) is 88.2 Å². The van der Waals surface area contributed by atoms with Crippen LogP contribution in [0.3, 0.4) is 0 Å². The summed E-state index contributed by atoms with van der Waals surface area (Å²) in [6.07, 6.45) is 2.45. The average molecular weight is 421 g/mol. The summed E-state index contributed by atoms with van der Waals surface area (Å²) in [6, 6.07) is 1.60. The number of cyclic esters (lactones) is 1. The fourth-order valence-corrected chi connectivity index (χ4v) is 3.69. The first-order chi connectivity index (χ1) is 14.3. The Balaban J connectivity index is 1.64. The van der Waals surface area contributed by atoms with Crippen LogP contribution in [0, 0.1) is 0 Å². The molecular formula is C19H27N5O6. The smallest absolute Gasteiger partial charge is 0.410 e. The number of piperidine rings is 1. The number of oxime groups is 1. The number of rotatable bonds is 7. The zero-order chi connectivity index (χ0) is 21.7. The molecule has 2 fully saturated rings. The second-order valence-electron chi connectivity index (χ2n) is 7.75. The number of ether oxygens (including phenoxy) is 2. The van der Waals surface area contributed by atoms with Crippen molar-refractivity contribution in [3.63, 3.8) is 0 Å². The molecule has 1 aromatic heterocycles. The van der Waals surface area contributed by atoms with Gasteiger partial charge in [0.2, 0.25) is 6.61 Å². The first kappa shape index (κ1) is 21.6. The standard InChI is InChI=1S/C19H27N5O6/c1-4-28-15(25)11-30-22-16(14-5-8-20-21-14)17(26)23-9-6-13(7-10-23)24-18(27)29-12-19(24,2)3/h5,8,13H,4,6-7,9-12H2,1-3H3,(H,20,21)/b22-16+. The van der Waals surface area contributed by atoms with Gasteiger partial charge >= 0.3 is 12.1 Å². The Bertz CT molecular complexity index is 798. The highest BCUT2D eigenvalue weighted by atomic mass is 16.7. The van der Waals surface area contributed by atoms with Gasteiger partial charge in [0.25, 0.3) is 5.91 Å². The molecule has 0 atom stereocenters. The molecule has 0 saturated carbocycles. The van der Waals surface area contributed by atoms with Gasteiger partial charge in [-0.3, -0.25) is 14.8 Å². The molecule has 0 radical (unpaired) electrons. The van der Waals surface area contributed by atoms with Gasteiger partial charge in [-0.15, -0.1) is 0 Å². The Kier molecular flexibility index (Phi) is 6.58. The van der Waals surface area contributed by atoms with Crippen LogP contribution in [0.25, 0.3) is 0 Å². The van der Waals surface area contributed by atoms with Crippen LogP contribution in [0.15, 0.2) is 17.4 Å². The summed E-state index contributed by atoms with van der Waals surface area (Å²) in [5.41, 5.74) is 0.0450. The van der Waals surface area contributed by atoms with E-state index in [0.717, 1.165) is 0 Å². The van der Waals surface area contributed by atoms with E-state index in [4.69, 9.17) is 14.3 Å². The Morgan fingerprint density at radius 2 is 2.10 bits per heavy atom. The van der Waals surface area contributed by atoms with E-state index >= 15 is 0 Å². The van der Waals surface area contributed by atoms with Crippen LogP contribution in [0.5, 0.6) is 0 Å². The number of nitrogens with zero attached hydrogens (tertiary/aromatic N) is 4. The number of likely N-dealkylation sites (tertiary alicyclic amines) is 1. The molecule has 1 N–H and O–H groups in total. The zero-order valence-corrected chi connectivity index (χ0v) is 17.4. The first-order valence-electron chi connectivity index (χ1n) is 9.94. The number of H-pyrrole nitrogens is 1. The van der Waals surface area contributed by atoms with Gasteiger partial charge in [-0.2, -0.15) is 5.10 Å². The molecule has 11 heteroatoms. The van der Waals surface area contributed by atoms with Crippen molar-refractivity contribution in [2.24, 2.45) is 5.16 Å². The summed E-state index contributed by atoms with van der Waals surface area (Å²) in [6.45, 7) is 6.73. The zero-order valence-electron chi connectivity index (χ0n) is 17.4. The van der Waals surface area contributed by atoms with E-state index < -0.39 is 12.6 Å². The van der Waals surface area contributed by atoms with Crippen LogP contribution in [0.2, 0.25) is 0 Å². The number of carbonyl (C=O) groups is 3. The summed E-state index contributed by atoms with van der Waals surface area (Å²) < 4.78 is 9.98. The second kappa shape index (κ2) is 9.14. The summed E-state index contributed by atoms with van der Waals surface area (Å²) in [5, 5.41) is 10.4. The van der Waals surface area contributed by atoms with Gasteiger partial charge < -0.3 is 19.2 Å². The predicted molar refractivity (Wildman–Crippen MR) is 105 cm³/mol. The van der Waals surface area contributed by atoms with Gasteiger partial charge in [-0.25, -0.2) is 9.59 Å². The summed E-state index contributed by atoms with van der Waals surface area (Å²) >= 11 is 0. The highest BCUT2D eigenvalue weighted by Crippen LogP contribution is 2.30. The number of amides is 2. The Labute approximate surface area is 174 Å². The second-order valence-corrected chi connectivity index (χ2v) is 7.75. The van der Waals surface area contributed by atoms with Crippen molar-refractivity contribution in [1.29, 1.82) is 0 Å². The van der Waals surface area contributed by atoms with Gasteiger partial charge in [-0.1, -0.05) is 5.16 Å². The highest BCUT2D eigenvalue weighted by molar-refractivity contribution is 6.44. The van der Waals surface area contributed by atoms with Gasteiger partial charge in [0.15, 0.2) is 5.71 Å². The average Bonchev–Trinajstić information content (AvgIpc) is 3.33. The molecule has 2 aliphatic heterocycles. The lowest BCUT2D eigenvalue weighted by atomic mass is 9.96. The van der Waals surface area contributed by atoms with Crippen molar-refractivity contribution in [2.75, 3.05) is 32.9 Å². The summed E-state index contributed by atoms with van der Waals surface area (Å²) in [7, 11) is 0. The largest absolute Gasteiger partial charge is 0.463 e. The maximum absolute atomic E-state index is 13.1. The van der Waals surface area contributed by atoms with Crippen molar-refractivity contribution in [3.05, 3.63) is 18.0 Å².